The number of nitrogens with zero attached hydrogens (tertiary/aromatic N) is 1. The van der Waals surface area contributed by atoms with Gasteiger partial charge in [-0.05, 0) is 67.6 Å². The maximum atomic E-state index is 14.0. The third-order valence-corrected chi connectivity index (χ3v) is 6.43. The number of carbonyl (C=O) groups is 2. The van der Waals surface area contributed by atoms with Crippen molar-refractivity contribution in [1.29, 1.82) is 0 Å². The molecule has 3 aromatic carbocycles. The minimum Gasteiger partial charge on any atom is -0.481 e. The molecule has 33 heavy (non-hydrogen) atoms. The van der Waals surface area contributed by atoms with E-state index in [0.29, 0.717) is 18.0 Å². The van der Waals surface area contributed by atoms with Crippen LogP contribution in [0.3, 0.4) is 0 Å². The lowest BCUT2D eigenvalue weighted by Crippen LogP contribution is -2.41. The lowest BCUT2D eigenvalue weighted by atomic mass is 9.86. The lowest BCUT2D eigenvalue weighted by molar-refractivity contribution is -0.140. The van der Waals surface area contributed by atoms with E-state index in [2.05, 4.69) is 17.4 Å². The zero-order chi connectivity index (χ0) is 22.9. The predicted octanol–water partition coefficient (Wildman–Crippen LogP) is 5.27. The number of carbonyl (C=O) groups excluding carboxylic acids is 2. The molecular weight excluding hydrogens is 419 g/mol. The molecule has 0 saturated heterocycles. The van der Waals surface area contributed by atoms with Crippen molar-refractivity contribution in [2.45, 2.75) is 44.9 Å². The Morgan fingerprint density at radius 3 is 2.70 bits per heavy atom. The van der Waals surface area contributed by atoms with Gasteiger partial charge in [0.15, 0.2) is 6.10 Å². The van der Waals surface area contributed by atoms with Crippen molar-refractivity contribution >= 4 is 17.5 Å². The molecule has 0 radical (unpaired) electrons. The molecule has 0 spiro atoms. The summed E-state index contributed by atoms with van der Waals surface area (Å²) in [6.45, 7) is 2.15. The summed E-state index contributed by atoms with van der Waals surface area (Å²) in [6.07, 6.45) is 2.32. The molecule has 1 N–H and O–H groups in total. The number of ether oxygens (including phenoxy) is 1. The highest BCUT2D eigenvalue weighted by molar-refractivity contribution is 6.04. The number of hydrogen-bond acceptors (Lipinski definition) is 3. The van der Waals surface area contributed by atoms with Crippen LogP contribution in [0.5, 0.6) is 5.75 Å². The minimum absolute atomic E-state index is 0.0175. The summed E-state index contributed by atoms with van der Waals surface area (Å²) >= 11 is 0. The number of amides is 2. The van der Waals surface area contributed by atoms with E-state index >= 15 is 0 Å². The highest BCUT2D eigenvalue weighted by Gasteiger charge is 2.35. The molecule has 0 bridgehead atoms. The first kappa shape index (κ1) is 21.2. The van der Waals surface area contributed by atoms with Gasteiger partial charge in [-0.25, -0.2) is 4.39 Å². The molecular formula is C27H25FN2O3. The molecule has 0 aromatic heterocycles. The van der Waals surface area contributed by atoms with Gasteiger partial charge in [-0.15, -0.1) is 0 Å². The van der Waals surface area contributed by atoms with Crippen LogP contribution in [0.1, 0.15) is 52.9 Å². The molecule has 168 valence electrons. The summed E-state index contributed by atoms with van der Waals surface area (Å²) in [4.78, 5) is 27.8. The third-order valence-electron chi connectivity index (χ3n) is 6.43. The minimum atomic E-state index is -0.612. The molecule has 0 fully saturated rings. The van der Waals surface area contributed by atoms with Crippen LogP contribution < -0.4 is 10.1 Å². The summed E-state index contributed by atoms with van der Waals surface area (Å²) in [6, 6.07) is 19.4. The molecule has 5 rings (SSSR count). The second-order valence-corrected chi connectivity index (χ2v) is 8.59. The molecule has 6 heteroatoms. The molecule has 1 aliphatic heterocycles. The van der Waals surface area contributed by atoms with E-state index in [1.54, 1.807) is 37.3 Å². The summed E-state index contributed by atoms with van der Waals surface area (Å²) < 4.78 is 20.0. The van der Waals surface area contributed by atoms with Gasteiger partial charge < -0.3 is 15.0 Å². The van der Waals surface area contributed by atoms with Gasteiger partial charge in [0.1, 0.15) is 11.6 Å². The Morgan fingerprint density at radius 1 is 1.06 bits per heavy atom. The van der Waals surface area contributed by atoms with Gasteiger partial charge in [0.25, 0.3) is 11.8 Å². The van der Waals surface area contributed by atoms with Crippen LogP contribution in [0.25, 0.3) is 0 Å². The normalized spacial score (nSPS) is 19.7. The Kier molecular flexibility index (Phi) is 5.58. The number of fused-ring (bicyclic) bond motifs is 2. The number of benzene rings is 3. The molecule has 2 aliphatic rings. The van der Waals surface area contributed by atoms with Crippen LogP contribution in [0.2, 0.25) is 0 Å². The third kappa shape index (κ3) is 4.09. The number of nitrogens with one attached hydrogen (secondary N) is 1. The monoisotopic (exact) mass is 444 g/mol. The van der Waals surface area contributed by atoms with Crippen LogP contribution in [0.15, 0.2) is 66.7 Å². The fraction of sp³-hybridized carbons (Fsp3) is 0.259. The zero-order valence-corrected chi connectivity index (χ0v) is 18.4. The fourth-order valence-electron chi connectivity index (χ4n) is 4.79. The van der Waals surface area contributed by atoms with E-state index in [-0.39, 0.29) is 17.5 Å². The van der Waals surface area contributed by atoms with E-state index in [9.17, 15) is 14.0 Å². The van der Waals surface area contributed by atoms with Crippen molar-refractivity contribution in [2.75, 3.05) is 5.32 Å². The number of halogens is 1. The van der Waals surface area contributed by atoms with Gasteiger partial charge in [0.2, 0.25) is 0 Å². The number of aryl methyl sites for hydroxylation is 1. The SMILES string of the molecule is CC1Oc2ccc(NC(=O)c3ccccc3F)cc2CN(C2CCCc3ccccc32)C1=O. The van der Waals surface area contributed by atoms with Crippen LogP contribution in [-0.2, 0) is 17.8 Å². The standard InChI is InChI=1S/C27H25FN2O3/c1-17-27(32)30(24-12-6-8-18-7-2-3-9-21(18)24)16-19-15-20(13-14-25(19)33-17)29-26(31)22-10-4-5-11-23(22)28/h2-5,7,9-11,13-15,17,24H,6,8,12,16H2,1H3,(H,29,31). The summed E-state index contributed by atoms with van der Waals surface area (Å²) in [5, 5.41) is 2.76. The average molecular weight is 445 g/mol. The Hall–Kier alpha value is -3.67. The van der Waals surface area contributed by atoms with Crippen LogP contribution in [-0.4, -0.2) is 22.8 Å². The number of hydrogen-bond donors (Lipinski definition) is 1. The Labute approximate surface area is 192 Å². The van der Waals surface area contributed by atoms with Gasteiger partial charge in [-0.2, -0.15) is 0 Å². The summed E-state index contributed by atoms with van der Waals surface area (Å²) in [5.74, 6) is -0.532. The van der Waals surface area contributed by atoms with E-state index < -0.39 is 17.8 Å². The maximum Gasteiger partial charge on any atom is 0.264 e. The van der Waals surface area contributed by atoms with Crippen molar-refractivity contribution in [2.24, 2.45) is 0 Å². The summed E-state index contributed by atoms with van der Waals surface area (Å²) in [7, 11) is 0. The maximum absolute atomic E-state index is 14.0. The van der Waals surface area contributed by atoms with Crippen molar-refractivity contribution < 1.29 is 18.7 Å². The molecule has 3 aromatic rings. The molecule has 2 unspecified atom stereocenters. The van der Waals surface area contributed by atoms with E-state index in [4.69, 9.17) is 4.74 Å². The van der Waals surface area contributed by atoms with Crippen molar-refractivity contribution in [3.63, 3.8) is 0 Å². The van der Waals surface area contributed by atoms with Crippen LogP contribution in [0, 0.1) is 5.82 Å². The molecule has 5 nitrogen and oxygen atoms in total. The Bertz CT molecular complexity index is 1230. The van der Waals surface area contributed by atoms with E-state index in [1.165, 1.54) is 23.3 Å². The molecule has 2 amide bonds. The molecule has 0 saturated carbocycles. The second-order valence-electron chi connectivity index (χ2n) is 8.59. The predicted molar refractivity (Wildman–Crippen MR) is 124 cm³/mol. The largest absolute Gasteiger partial charge is 0.481 e. The fourth-order valence-corrected chi connectivity index (χ4v) is 4.79. The zero-order valence-electron chi connectivity index (χ0n) is 18.4. The first-order valence-electron chi connectivity index (χ1n) is 11.2. The number of rotatable bonds is 3. The first-order valence-corrected chi connectivity index (χ1v) is 11.2. The Balaban J connectivity index is 1.45. The lowest BCUT2D eigenvalue weighted by Gasteiger charge is -2.35. The quantitative estimate of drug-likeness (QED) is 0.599. The smallest absolute Gasteiger partial charge is 0.264 e. The van der Waals surface area contributed by atoms with Gasteiger partial charge in [0, 0.05) is 11.3 Å². The van der Waals surface area contributed by atoms with E-state index in [1.807, 2.05) is 17.0 Å². The highest BCUT2D eigenvalue weighted by atomic mass is 19.1. The summed E-state index contributed by atoms with van der Waals surface area (Å²) in [5.41, 5.74) is 3.79. The van der Waals surface area contributed by atoms with Crippen molar-refractivity contribution in [1.82, 2.24) is 4.90 Å². The van der Waals surface area contributed by atoms with Crippen molar-refractivity contribution in [3.05, 3.63) is 94.8 Å². The first-order chi connectivity index (χ1) is 16.0. The molecule has 2 atom stereocenters. The van der Waals surface area contributed by atoms with Gasteiger partial charge in [-0.3, -0.25) is 9.59 Å². The topological polar surface area (TPSA) is 58.6 Å². The average Bonchev–Trinajstić information content (AvgIpc) is 2.95. The van der Waals surface area contributed by atoms with Gasteiger partial charge >= 0.3 is 0 Å². The van der Waals surface area contributed by atoms with Crippen molar-refractivity contribution in [3.8, 4) is 5.75 Å². The molecule has 1 aliphatic carbocycles. The highest BCUT2D eigenvalue weighted by Crippen LogP contribution is 2.38. The molecule has 1 heterocycles. The van der Waals surface area contributed by atoms with Gasteiger partial charge in [-0.1, -0.05) is 36.4 Å². The van der Waals surface area contributed by atoms with Crippen LogP contribution in [0.4, 0.5) is 10.1 Å². The van der Waals surface area contributed by atoms with Gasteiger partial charge in [0.05, 0.1) is 18.2 Å². The van der Waals surface area contributed by atoms with E-state index in [0.717, 1.165) is 24.8 Å². The number of anilines is 1. The van der Waals surface area contributed by atoms with Crippen LogP contribution >= 0.6 is 0 Å². The second kappa shape index (κ2) is 8.70. The Morgan fingerprint density at radius 2 is 1.85 bits per heavy atom.